The van der Waals surface area contributed by atoms with E-state index in [1.165, 1.54) is 32.8 Å². The van der Waals surface area contributed by atoms with E-state index in [2.05, 4.69) is 22.8 Å². The van der Waals surface area contributed by atoms with Crippen molar-refractivity contribution < 1.29 is 14.3 Å². The maximum atomic E-state index is 11.2. The number of nitrogens with one attached hydrogen (secondary N) is 2. The van der Waals surface area contributed by atoms with Gasteiger partial charge in [0.2, 0.25) is 0 Å². The Labute approximate surface area is 109 Å². The van der Waals surface area contributed by atoms with E-state index in [0.717, 1.165) is 12.8 Å². The number of ether oxygens (including phenoxy) is 2. The number of amidine groups is 1. The lowest BCUT2D eigenvalue weighted by Gasteiger charge is -2.09. The van der Waals surface area contributed by atoms with Crippen LogP contribution < -0.4 is 10.9 Å². The summed E-state index contributed by atoms with van der Waals surface area (Å²) >= 11 is 0. The fourth-order valence-corrected chi connectivity index (χ4v) is 1.39. The average Bonchev–Trinajstić information content (AvgIpc) is 2.39. The van der Waals surface area contributed by atoms with Crippen LogP contribution in [0.4, 0.5) is 4.79 Å². The molecule has 18 heavy (non-hydrogen) atoms. The van der Waals surface area contributed by atoms with E-state index < -0.39 is 6.09 Å². The lowest BCUT2D eigenvalue weighted by atomic mass is 10.1. The number of amides is 1. The van der Waals surface area contributed by atoms with E-state index >= 15 is 0 Å². The molecule has 6 heteroatoms. The molecule has 0 aliphatic rings. The standard InChI is InChI=1S/C12H25N3O3/c1-4-5-6-7-8-9-10-18-12(16)15-14-11(13-2)17-3/h4-10H2,1-3H3,(H,13,14)(H,15,16). The number of methoxy groups -OCH3 is 1. The largest absolute Gasteiger partial charge is 0.467 e. The number of rotatable bonds is 7. The van der Waals surface area contributed by atoms with E-state index in [9.17, 15) is 4.79 Å². The Morgan fingerprint density at radius 3 is 2.39 bits per heavy atom. The second kappa shape index (κ2) is 12.0. The smallest absolute Gasteiger partial charge is 0.426 e. The monoisotopic (exact) mass is 259 g/mol. The highest BCUT2D eigenvalue weighted by molar-refractivity contribution is 5.77. The molecule has 0 aliphatic heterocycles. The fraction of sp³-hybridized carbons (Fsp3) is 0.833. The summed E-state index contributed by atoms with van der Waals surface area (Å²) in [4.78, 5) is 14.9. The van der Waals surface area contributed by atoms with Crippen molar-refractivity contribution in [2.75, 3.05) is 20.8 Å². The van der Waals surface area contributed by atoms with E-state index in [4.69, 9.17) is 9.47 Å². The first-order chi connectivity index (χ1) is 8.74. The van der Waals surface area contributed by atoms with Crippen LogP contribution in [0.2, 0.25) is 0 Å². The molecule has 0 aromatic carbocycles. The van der Waals surface area contributed by atoms with Gasteiger partial charge in [-0.15, -0.1) is 0 Å². The van der Waals surface area contributed by atoms with Crippen molar-refractivity contribution in [2.24, 2.45) is 4.99 Å². The van der Waals surface area contributed by atoms with Gasteiger partial charge in [-0.1, -0.05) is 39.0 Å². The van der Waals surface area contributed by atoms with Crippen LogP contribution in [0.3, 0.4) is 0 Å². The van der Waals surface area contributed by atoms with Gasteiger partial charge in [0.05, 0.1) is 13.7 Å². The maximum Gasteiger partial charge on any atom is 0.426 e. The quantitative estimate of drug-likeness (QED) is 0.318. The predicted molar refractivity (Wildman–Crippen MR) is 71.4 cm³/mol. The van der Waals surface area contributed by atoms with Crippen LogP contribution in [0.15, 0.2) is 4.99 Å². The Balaban J connectivity index is 3.37. The minimum Gasteiger partial charge on any atom is -0.467 e. The highest BCUT2D eigenvalue weighted by Crippen LogP contribution is 2.04. The summed E-state index contributed by atoms with van der Waals surface area (Å²) in [6.07, 6.45) is 6.45. The van der Waals surface area contributed by atoms with Crippen LogP contribution in [0.5, 0.6) is 0 Å². The molecule has 0 saturated carbocycles. The van der Waals surface area contributed by atoms with Gasteiger partial charge in [0, 0.05) is 7.05 Å². The van der Waals surface area contributed by atoms with Crippen molar-refractivity contribution in [1.82, 2.24) is 10.9 Å². The third-order valence-corrected chi connectivity index (χ3v) is 2.40. The molecule has 1 amide bonds. The fourth-order valence-electron chi connectivity index (χ4n) is 1.39. The molecule has 0 heterocycles. The summed E-state index contributed by atoms with van der Waals surface area (Å²) in [5, 5.41) is 0. The van der Waals surface area contributed by atoms with E-state index in [0.29, 0.717) is 6.61 Å². The number of carbonyl (C=O) groups excluding carboxylic acids is 1. The van der Waals surface area contributed by atoms with Crippen LogP contribution in [0.25, 0.3) is 0 Å². The second-order valence-electron chi connectivity index (χ2n) is 3.89. The molecule has 0 spiro atoms. The number of unbranched alkanes of at least 4 members (excludes halogenated alkanes) is 5. The number of hydrogen-bond acceptors (Lipinski definition) is 4. The summed E-state index contributed by atoms with van der Waals surface area (Å²) < 4.78 is 9.76. The van der Waals surface area contributed by atoms with Gasteiger partial charge in [0.1, 0.15) is 0 Å². The minimum atomic E-state index is -0.526. The number of carbonyl (C=O) groups is 1. The summed E-state index contributed by atoms with van der Waals surface area (Å²) in [5.74, 6) is 0. The molecule has 0 aromatic heterocycles. The van der Waals surface area contributed by atoms with Crippen LogP contribution >= 0.6 is 0 Å². The van der Waals surface area contributed by atoms with Crippen molar-refractivity contribution >= 4 is 12.1 Å². The predicted octanol–water partition coefficient (Wildman–Crippen LogP) is 2.21. The highest BCUT2D eigenvalue weighted by atomic mass is 16.6. The Kier molecular flexibility index (Phi) is 11.0. The van der Waals surface area contributed by atoms with Gasteiger partial charge >= 0.3 is 12.1 Å². The zero-order valence-electron chi connectivity index (χ0n) is 11.6. The number of nitrogens with zero attached hydrogens (tertiary/aromatic N) is 1. The van der Waals surface area contributed by atoms with E-state index in [-0.39, 0.29) is 6.02 Å². The van der Waals surface area contributed by atoms with Crippen LogP contribution in [0.1, 0.15) is 45.4 Å². The molecule has 6 nitrogen and oxygen atoms in total. The van der Waals surface area contributed by atoms with Crippen molar-refractivity contribution in [2.45, 2.75) is 45.4 Å². The molecule has 0 aromatic rings. The Hall–Kier alpha value is -1.46. The molecule has 0 fully saturated rings. The SMILES string of the molecule is CCCCCCCCOC(=O)NNC(=NC)OC. The zero-order valence-corrected chi connectivity index (χ0v) is 11.6. The molecular weight excluding hydrogens is 234 g/mol. The summed E-state index contributed by atoms with van der Waals surface area (Å²) in [7, 11) is 3.01. The molecule has 0 bridgehead atoms. The van der Waals surface area contributed by atoms with Gasteiger partial charge in [-0.2, -0.15) is 0 Å². The highest BCUT2D eigenvalue weighted by Gasteiger charge is 2.02. The summed E-state index contributed by atoms with van der Waals surface area (Å²) in [6, 6.07) is 0.228. The number of hydrogen-bond donors (Lipinski definition) is 2. The number of hydrazine groups is 1. The number of aliphatic imine (C=N–C) groups is 1. The van der Waals surface area contributed by atoms with Gasteiger partial charge in [0.25, 0.3) is 0 Å². The first kappa shape index (κ1) is 16.5. The van der Waals surface area contributed by atoms with Crippen LogP contribution in [-0.2, 0) is 9.47 Å². The van der Waals surface area contributed by atoms with Crippen LogP contribution in [-0.4, -0.2) is 32.9 Å². The second-order valence-corrected chi connectivity index (χ2v) is 3.89. The Morgan fingerprint density at radius 1 is 1.11 bits per heavy atom. The molecule has 0 unspecified atom stereocenters. The third-order valence-electron chi connectivity index (χ3n) is 2.40. The van der Waals surface area contributed by atoms with Crippen molar-refractivity contribution in [3.05, 3.63) is 0 Å². The summed E-state index contributed by atoms with van der Waals surface area (Å²) in [6.45, 7) is 2.62. The molecule has 0 saturated heterocycles. The normalized spacial score (nSPS) is 10.9. The first-order valence-corrected chi connectivity index (χ1v) is 6.44. The van der Waals surface area contributed by atoms with Gasteiger partial charge in [-0.3, -0.25) is 0 Å². The van der Waals surface area contributed by atoms with E-state index in [1.54, 1.807) is 7.05 Å². The van der Waals surface area contributed by atoms with Crippen LogP contribution in [0, 0.1) is 0 Å². The molecule has 2 N–H and O–H groups in total. The Bertz CT molecular complexity index is 245. The van der Waals surface area contributed by atoms with E-state index in [1.807, 2.05) is 0 Å². The topological polar surface area (TPSA) is 72.0 Å². The molecule has 0 aliphatic carbocycles. The first-order valence-electron chi connectivity index (χ1n) is 6.44. The lowest BCUT2D eigenvalue weighted by molar-refractivity contribution is 0.140. The molecule has 106 valence electrons. The van der Waals surface area contributed by atoms with Gasteiger partial charge < -0.3 is 9.47 Å². The third kappa shape index (κ3) is 9.74. The lowest BCUT2D eigenvalue weighted by Crippen LogP contribution is -2.42. The maximum absolute atomic E-state index is 11.2. The van der Waals surface area contributed by atoms with Crippen molar-refractivity contribution in [1.29, 1.82) is 0 Å². The van der Waals surface area contributed by atoms with Gasteiger partial charge in [-0.05, 0) is 6.42 Å². The van der Waals surface area contributed by atoms with Gasteiger partial charge in [0.15, 0.2) is 0 Å². The molecule has 0 radical (unpaired) electrons. The summed E-state index contributed by atoms with van der Waals surface area (Å²) in [5.41, 5.74) is 4.82. The Morgan fingerprint density at radius 2 is 1.78 bits per heavy atom. The average molecular weight is 259 g/mol. The molecule has 0 rings (SSSR count). The van der Waals surface area contributed by atoms with Gasteiger partial charge in [-0.25, -0.2) is 20.6 Å². The van der Waals surface area contributed by atoms with Crippen molar-refractivity contribution in [3.63, 3.8) is 0 Å². The molecule has 0 atom stereocenters. The minimum absolute atomic E-state index is 0.228. The van der Waals surface area contributed by atoms with Crippen molar-refractivity contribution in [3.8, 4) is 0 Å². The molecular formula is C12H25N3O3. The zero-order chi connectivity index (χ0) is 13.6.